The highest BCUT2D eigenvalue weighted by atomic mass is 32.1. The van der Waals surface area contributed by atoms with Gasteiger partial charge >= 0.3 is 0 Å². The van der Waals surface area contributed by atoms with E-state index in [-0.39, 0.29) is 12.1 Å². The number of rotatable bonds is 6. The first-order valence-corrected chi connectivity index (χ1v) is 12.9. The number of hydrogen-bond donors (Lipinski definition) is 1. The number of hydrogen-bond acceptors (Lipinski definition) is 4. The van der Waals surface area contributed by atoms with Crippen molar-refractivity contribution in [3.8, 4) is 17.2 Å². The summed E-state index contributed by atoms with van der Waals surface area (Å²) in [6.07, 6.45) is 5.50. The Morgan fingerprint density at radius 2 is 1.63 bits per heavy atom. The van der Waals surface area contributed by atoms with Crippen molar-refractivity contribution < 1.29 is 4.74 Å². The van der Waals surface area contributed by atoms with E-state index in [0.29, 0.717) is 5.11 Å². The van der Waals surface area contributed by atoms with Gasteiger partial charge in [0.25, 0.3) is 0 Å². The number of nitrogens with one attached hydrogen (secondary N) is 1. The van der Waals surface area contributed by atoms with Crippen molar-refractivity contribution in [2.24, 2.45) is 0 Å². The maximum atomic E-state index is 6.15. The average Bonchev–Trinajstić information content (AvgIpc) is 3.50. The number of benzene rings is 2. The molecule has 0 spiro atoms. The molecule has 0 saturated carbocycles. The van der Waals surface area contributed by atoms with Gasteiger partial charge in [-0.2, -0.15) is 0 Å². The lowest BCUT2D eigenvalue weighted by Crippen LogP contribution is -2.30. The molecule has 2 atom stereocenters. The van der Waals surface area contributed by atoms with Crippen LogP contribution >= 0.6 is 12.2 Å². The molecule has 0 aliphatic carbocycles. The van der Waals surface area contributed by atoms with E-state index in [4.69, 9.17) is 17.0 Å². The Morgan fingerprint density at radius 3 is 2.37 bits per heavy atom. The molecule has 1 saturated heterocycles. The quantitative estimate of drug-likeness (QED) is 0.249. The normalized spacial score (nSPS) is 16.9. The summed E-state index contributed by atoms with van der Waals surface area (Å²) in [5.41, 5.74) is 6.21. The van der Waals surface area contributed by atoms with Crippen LogP contribution in [-0.2, 0) is 0 Å². The molecule has 3 aromatic heterocycles. The summed E-state index contributed by atoms with van der Waals surface area (Å²) in [4.78, 5) is 11.2. The fraction of sp³-hybridized carbons (Fsp3) is 0.129. The molecule has 1 aliphatic heterocycles. The van der Waals surface area contributed by atoms with Crippen molar-refractivity contribution >= 4 is 23.0 Å². The van der Waals surface area contributed by atoms with Crippen molar-refractivity contribution in [1.82, 2.24) is 19.9 Å². The zero-order chi connectivity index (χ0) is 26.1. The molecule has 188 valence electrons. The SMILES string of the molecule is Cc1ccccc1Oc1ccc(N2C(=S)N[C@H](c3ccccn3)[C@H]2c2ccc(C)n2-c2cccnc2)cc1. The van der Waals surface area contributed by atoms with Gasteiger partial charge in [0, 0.05) is 29.5 Å². The molecular weight excluding hydrogens is 490 g/mol. The van der Waals surface area contributed by atoms with E-state index in [1.807, 2.05) is 80.0 Å². The molecule has 0 radical (unpaired) electrons. The highest BCUT2D eigenvalue weighted by Gasteiger charge is 2.42. The van der Waals surface area contributed by atoms with Gasteiger partial charge in [0.1, 0.15) is 17.5 Å². The molecule has 1 aliphatic rings. The average molecular weight is 518 g/mol. The lowest BCUT2D eigenvalue weighted by atomic mass is 10.0. The molecule has 5 aromatic rings. The summed E-state index contributed by atoms with van der Waals surface area (Å²) in [5.74, 6) is 1.62. The van der Waals surface area contributed by atoms with Crippen molar-refractivity contribution in [1.29, 1.82) is 0 Å². The fourth-order valence-corrected chi connectivity index (χ4v) is 5.38. The van der Waals surface area contributed by atoms with E-state index in [9.17, 15) is 0 Å². The number of aryl methyl sites for hydroxylation is 2. The maximum absolute atomic E-state index is 6.15. The minimum absolute atomic E-state index is 0.142. The monoisotopic (exact) mass is 517 g/mol. The van der Waals surface area contributed by atoms with Crippen LogP contribution in [0.1, 0.15) is 34.7 Å². The van der Waals surface area contributed by atoms with E-state index in [2.05, 4.69) is 62.0 Å². The van der Waals surface area contributed by atoms with E-state index < -0.39 is 0 Å². The van der Waals surface area contributed by atoms with Gasteiger partial charge in [-0.1, -0.05) is 24.3 Å². The van der Waals surface area contributed by atoms with Crippen LogP contribution in [-0.4, -0.2) is 19.6 Å². The number of aromatic nitrogens is 3. The van der Waals surface area contributed by atoms with E-state index >= 15 is 0 Å². The summed E-state index contributed by atoms with van der Waals surface area (Å²) in [6, 6.07) is 30.1. The predicted molar refractivity (Wildman–Crippen MR) is 154 cm³/mol. The lowest BCUT2D eigenvalue weighted by Gasteiger charge is -2.29. The third-order valence-electron chi connectivity index (χ3n) is 6.85. The minimum atomic E-state index is -0.144. The van der Waals surface area contributed by atoms with Crippen molar-refractivity contribution in [2.75, 3.05) is 4.90 Å². The van der Waals surface area contributed by atoms with E-state index in [1.54, 1.807) is 6.20 Å². The number of pyridine rings is 2. The second-order valence-corrected chi connectivity index (χ2v) is 9.69. The predicted octanol–water partition coefficient (Wildman–Crippen LogP) is 6.85. The van der Waals surface area contributed by atoms with Crippen LogP contribution in [0.15, 0.2) is 110 Å². The minimum Gasteiger partial charge on any atom is -0.457 e. The Labute approximate surface area is 227 Å². The van der Waals surface area contributed by atoms with Crippen molar-refractivity contribution in [3.05, 3.63) is 132 Å². The van der Waals surface area contributed by atoms with Crippen LogP contribution < -0.4 is 15.0 Å². The van der Waals surface area contributed by atoms with Crippen LogP contribution in [0.4, 0.5) is 5.69 Å². The third kappa shape index (κ3) is 4.41. The molecule has 7 heteroatoms. The summed E-state index contributed by atoms with van der Waals surface area (Å²) in [5, 5.41) is 4.20. The van der Waals surface area contributed by atoms with Crippen LogP contribution in [0.25, 0.3) is 5.69 Å². The Balaban J connectivity index is 1.42. The highest BCUT2D eigenvalue weighted by molar-refractivity contribution is 7.80. The summed E-state index contributed by atoms with van der Waals surface area (Å²) < 4.78 is 8.39. The fourth-order valence-electron chi connectivity index (χ4n) is 5.03. The molecule has 4 heterocycles. The van der Waals surface area contributed by atoms with Crippen LogP contribution in [0.3, 0.4) is 0 Å². The molecule has 6 nitrogen and oxygen atoms in total. The Bertz CT molecular complexity index is 1570. The van der Waals surface area contributed by atoms with Gasteiger partial charge in [0.05, 0.1) is 23.6 Å². The largest absolute Gasteiger partial charge is 0.457 e. The van der Waals surface area contributed by atoms with Crippen LogP contribution in [0.5, 0.6) is 11.5 Å². The molecule has 2 aromatic carbocycles. The van der Waals surface area contributed by atoms with Gasteiger partial charge in [-0.05, 0) is 98.4 Å². The zero-order valence-electron chi connectivity index (χ0n) is 21.2. The number of para-hydroxylation sites is 1. The molecule has 0 amide bonds. The molecule has 1 fully saturated rings. The van der Waals surface area contributed by atoms with Gasteiger partial charge in [-0.3, -0.25) is 9.97 Å². The number of nitrogens with zero attached hydrogens (tertiary/aromatic N) is 4. The summed E-state index contributed by atoms with van der Waals surface area (Å²) in [6.45, 7) is 4.15. The van der Waals surface area contributed by atoms with E-state index in [0.717, 1.165) is 45.5 Å². The Kier molecular flexibility index (Phi) is 6.35. The Morgan fingerprint density at radius 1 is 0.816 bits per heavy atom. The first-order chi connectivity index (χ1) is 18.6. The van der Waals surface area contributed by atoms with Crippen LogP contribution in [0, 0.1) is 13.8 Å². The number of anilines is 1. The third-order valence-corrected chi connectivity index (χ3v) is 7.16. The van der Waals surface area contributed by atoms with Gasteiger partial charge in [0.2, 0.25) is 0 Å². The summed E-state index contributed by atoms with van der Waals surface area (Å²) >= 11 is 5.93. The van der Waals surface area contributed by atoms with Crippen molar-refractivity contribution in [3.63, 3.8) is 0 Å². The van der Waals surface area contributed by atoms with Crippen LogP contribution in [0.2, 0.25) is 0 Å². The van der Waals surface area contributed by atoms with E-state index in [1.165, 1.54) is 0 Å². The second kappa shape index (κ2) is 10.1. The molecule has 6 rings (SSSR count). The van der Waals surface area contributed by atoms with Crippen molar-refractivity contribution in [2.45, 2.75) is 25.9 Å². The van der Waals surface area contributed by atoms with Gasteiger partial charge in [-0.15, -0.1) is 0 Å². The second-order valence-electron chi connectivity index (χ2n) is 9.30. The Hall–Kier alpha value is -4.49. The molecule has 0 bridgehead atoms. The highest BCUT2D eigenvalue weighted by Crippen LogP contribution is 2.43. The smallest absolute Gasteiger partial charge is 0.174 e. The molecule has 0 unspecified atom stereocenters. The first kappa shape index (κ1) is 23.9. The first-order valence-electron chi connectivity index (χ1n) is 12.5. The number of thiocarbonyl (C=S) groups is 1. The number of ether oxygens (including phenoxy) is 1. The molecule has 1 N–H and O–H groups in total. The van der Waals surface area contributed by atoms with Gasteiger partial charge in [-0.25, -0.2) is 0 Å². The standard InChI is InChI=1S/C31H27N5OS/c1-21-8-3-4-11-28(21)37-25-15-13-23(14-16-25)36-30(29(34-31(36)38)26-10-5-6-19-33-26)27-17-12-22(2)35(27)24-9-7-18-32-20-24/h3-20,29-30H,1-2H3,(H,34,38)/t29-,30-/m1/s1. The van der Waals surface area contributed by atoms with Gasteiger partial charge < -0.3 is 19.5 Å². The zero-order valence-corrected chi connectivity index (χ0v) is 22.0. The van der Waals surface area contributed by atoms with Gasteiger partial charge in [0.15, 0.2) is 5.11 Å². The summed E-state index contributed by atoms with van der Waals surface area (Å²) in [7, 11) is 0. The maximum Gasteiger partial charge on any atom is 0.174 e. The molecular formula is C31H27N5OS. The topological polar surface area (TPSA) is 55.2 Å². The lowest BCUT2D eigenvalue weighted by molar-refractivity contribution is 0.479. The molecule has 38 heavy (non-hydrogen) atoms.